The molecule has 144 valence electrons. The largest absolute Gasteiger partial charge is 0.340 e. The van der Waals surface area contributed by atoms with E-state index in [9.17, 15) is 4.79 Å². The monoisotopic (exact) mass is 365 g/mol. The highest BCUT2D eigenvalue weighted by Gasteiger charge is 2.21. The van der Waals surface area contributed by atoms with Crippen LogP contribution in [0.15, 0.2) is 48.7 Å². The van der Waals surface area contributed by atoms with Gasteiger partial charge in [0.2, 0.25) is 5.91 Å². The van der Waals surface area contributed by atoms with Gasteiger partial charge in [0.05, 0.1) is 5.69 Å². The van der Waals surface area contributed by atoms with Gasteiger partial charge in [-0.25, -0.2) is 0 Å². The van der Waals surface area contributed by atoms with Crippen LogP contribution in [-0.2, 0) is 23.2 Å². The topological polar surface area (TPSA) is 36.4 Å². The Balaban J connectivity index is 1.43. The molecule has 1 aliphatic heterocycles. The number of hydrogen-bond donors (Lipinski definition) is 0. The van der Waals surface area contributed by atoms with Crippen LogP contribution < -0.4 is 0 Å². The number of nitrogens with zero attached hydrogens (tertiary/aromatic N) is 3. The molecule has 1 aromatic heterocycles. The van der Waals surface area contributed by atoms with Crippen LogP contribution in [0.5, 0.6) is 0 Å². The van der Waals surface area contributed by atoms with Gasteiger partial charge >= 0.3 is 0 Å². The molecule has 0 spiro atoms. The molecule has 3 rings (SSSR count). The fourth-order valence-corrected chi connectivity index (χ4v) is 3.46. The van der Waals surface area contributed by atoms with Crippen molar-refractivity contribution in [1.82, 2.24) is 14.8 Å². The second kappa shape index (κ2) is 8.66. The Kier molecular flexibility index (Phi) is 6.27. The second-order valence-corrected chi connectivity index (χ2v) is 8.42. The van der Waals surface area contributed by atoms with E-state index < -0.39 is 0 Å². The minimum absolute atomic E-state index is 0.170. The molecule has 0 atom stereocenters. The third kappa shape index (κ3) is 5.64. The quantitative estimate of drug-likeness (QED) is 0.811. The summed E-state index contributed by atoms with van der Waals surface area (Å²) in [5.41, 5.74) is 3.84. The van der Waals surface area contributed by atoms with Gasteiger partial charge in [-0.3, -0.25) is 14.7 Å². The molecule has 1 aliphatic rings. The number of aromatic nitrogens is 1. The Bertz CT molecular complexity index is 726. The first-order valence-electron chi connectivity index (χ1n) is 9.91. The summed E-state index contributed by atoms with van der Waals surface area (Å²) in [7, 11) is 0. The fraction of sp³-hybridized carbons (Fsp3) is 0.478. The van der Waals surface area contributed by atoms with Crippen molar-refractivity contribution in [1.29, 1.82) is 0 Å². The smallest absolute Gasteiger partial charge is 0.222 e. The Morgan fingerprint density at radius 2 is 1.70 bits per heavy atom. The highest BCUT2D eigenvalue weighted by molar-refractivity contribution is 5.76. The van der Waals surface area contributed by atoms with Gasteiger partial charge in [-0.15, -0.1) is 0 Å². The number of benzene rings is 1. The molecule has 1 amide bonds. The van der Waals surface area contributed by atoms with Gasteiger partial charge in [0.1, 0.15) is 0 Å². The Hall–Kier alpha value is -2.20. The predicted molar refractivity (Wildman–Crippen MR) is 110 cm³/mol. The lowest BCUT2D eigenvalue weighted by molar-refractivity contribution is -0.133. The number of piperazine rings is 1. The fourth-order valence-electron chi connectivity index (χ4n) is 3.46. The normalized spacial score (nSPS) is 15.7. The molecule has 0 saturated carbocycles. The molecule has 1 fully saturated rings. The molecular weight excluding hydrogens is 334 g/mol. The minimum atomic E-state index is 0.170. The van der Waals surface area contributed by atoms with Crippen LogP contribution in [0.25, 0.3) is 0 Å². The highest BCUT2D eigenvalue weighted by Crippen LogP contribution is 2.22. The summed E-state index contributed by atoms with van der Waals surface area (Å²) < 4.78 is 0. The van der Waals surface area contributed by atoms with Crippen molar-refractivity contribution in [3.05, 3.63) is 65.5 Å². The zero-order chi connectivity index (χ0) is 19.3. The van der Waals surface area contributed by atoms with Crippen LogP contribution in [0.4, 0.5) is 0 Å². The lowest BCUT2D eigenvalue weighted by Crippen LogP contribution is -2.48. The van der Waals surface area contributed by atoms with E-state index in [1.807, 2.05) is 23.2 Å². The van der Waals surface area contributed by atoms with Crippen LogP contribution in [0.3, 0.4) is 0 Å². The first-order chi connectivity index (χ1) is 12.9. The van der Waals surface area contributed by atoms with Crippen molar-refractivity contribution in [2.75, 3.05) is 26.2 Å². The first kappa shape index (κ1) is 19.6. The Morgan fingerprint density at radius 1 is 1.00 bits per heavy atom. The van der Waals surface area contributed by atoms with E-state index >= 15 is 0 Å². The number of carbonyl (C=O) groups is 1. The van der Waals surface area contributed by atoms with E-state index in [0.717, 1.165) is 44.8 Å². The zero-order valence-corrected chi connectivity index (χ0v) is 16.8. The van der Waals surface area contributed by atoms with Crippen molar-refractivity contribution in [2.24, 2.45) is 0 Å². The maximum atomic E-state index is 12.6. The van der Waals surface area contributed by atoms with E-state index in [0.29, 0.717) is 6.42 Å². The van der Waals surface area contributed by atoms with Crippen LogP contribution in [0.2, 0.25) is 0 Å². The molecule has 0 aliphatic carbocycles. The molecule has 0 N–H and O–H groups in total. The summed E-state index contributed by atoms with van der Waals surface area (Å²) in [6.07, 6.45) is 3.25. The molecule has 0 bridgehead atoms. The molecule has 4 heteroatoms. The summed E-state index contributed by atoms with van der Waals surface area (Å²) in [5, 5.41) is 0. The standard InChI is InChI=1S/C23H31N3O/c1-23(2,3)20-10-7-19(8-11-20)9-12-22(27)26-16-14-25(15-17-26)18-21-6-4-5-13-24-21/h4-8,10-11,13H,9,12,14-18H2,1-3H3. The van der Waals surface area contributed by atoms with Crippen molar-refractivity contribution >= 4 is 5.91 Å². The summed E-state index contributed by atoms with van der Waals surface area (Å²) in [5.74, 6) is 0.271. The van der Waals surface area contributed by atoms with Gasteiger partial charge in [-0.05, 0) is 35.1 Å². The van der Waals surface area contributed by atoms with Gasteiger partial charge < -0.3 is 4.90 Å². The number of aryl methyl sites for hydroxylation is 1. The lowest BCUT2D eigenvalue weighted by atomic mass is 9.86. The van der Waals surface area contributed by atoms with Gasteiger partial charge in [-0.2, -0.15) is 0 Å². The molecule has 2 heterocycles. The number of pyridine rings is 1. The number of rotatable bonds is 5. The number of hydrogen-bond acceptors (Lipinski definition) is 3. The summed E-state index contributed by atoms with van der Waals surface area (Å²) in [4.78, 5) is 21.3. The average molecular weight is 366 g/mol. The summed E-state index contributed by atoms with van der Waals surface area (Å²) in [6, 6.07) is 14.7. The molecule has 1 aromatic carbocycles. The SMILES string of the molecule is CC(C)(C)c1ccc(CCC(=O)N2CCN(Cc3ccccn3)CC2)cc1. The van der Waals surface area contributed by atoms with Crippen molar-refractivity contribution in [3.8, 4) is 0 Å². The summed E-state index contributed by atoms with van der Waals surface area (Å²) >= 11 is 0. The molecule has 4 nitrogen and oxygen atoms in total. The molecular formula is C23H31N3O. The average Bonchev–Trinajstić information content (AvgIpc) is 2.67. The third-order valence-corrected chi connectivity index (χ3v) is 5.28. The van der Waals surface area contributed by atoms with Crippen molar-refractivity contribution in [2.45, 2.75) is 45.6 Å². The van der Waals surface area contributed by atoms with Gasteiger partial charge in [0, 0.05) is 45.3 Å². The molecule has 0 radical (unpaired) electrons. The first-order valence-corrected chi connectivity index (χ1v) is 9.91. The minimum Gasteiger partial charge on any atom is -0.340 e. The highest BCUT2D eigenvalue weighted by atomic mass is 16.2. The Labute approximate surface area is 163 Å². The maximum absolute atomic E-state index is 12.6. The van der Waals surface area contributed by atoms with Gasteiger partial charge in [0.25, 0.3) is 0 Å². The van der Waals surface area contributed by atoms with Crippen LogP contribution >= 0.6 is 0 Å². The zero-order valence-electron chi connectivity index (χ0n) is 16.8. The molecule has 0 unspecified atom stereocenters. The van der Waals surface area contributed by atoms with Crippen molar-refractivity contribution in [3.63, 3.8) is 0 Å². The van der Waals surface area contributed by atoms with Crippen molar-refractivity contribution < 1.29 is 4.79 Å². The van der Waals surface area contributed by atoms with E-state index in [1.54, 1.807) is 0 Å². The summed E-state index contributed by atoms with van der Waals surface area (Å²) in [6.45, 7) is 11.0. The van der Waals surface area contributed by atoms with E-state index in [1.165, 1.54) is 11.1 Å². The van der Waals surface area contributed by atoms with Gasteiger partial charge in [0.15, 0.2) is 0 Å². The number of amides is 1. The molecule has 1 saturated heterocycles. The van der Waals surface area contributed by atoms with E-state index in [2.05, 4.69) is 61.0 Å². The molecule has 2 aromatic rings. The predicted octanol–water partition coefficient (Wildman–Crippen LogP) is 3.66. The van der Waals surface area contributed by atoms with Gasteiger partial charge in [-0.1, -0.05) is 51.1 Å². The van der Waals surface area contributed by atoms with Crippen LogP contribution in [0, 0.1) is 0 Å². The van der Waals surface area contributed by atoms with Crippen LogP contribution in [0.1, 0.15) is 44.0 Å². The van der Waals surface area contributed by atoms with E-state index in [4.69, 9.17) is 0 Å². The lowest BCUT2D eigenvalue weighted by Gasteiger charge is -2.34. The number of carbonyl (C=O) groups excluding carboxylic acids is 1. The maximum Gasteiger partial charge on any atom is 0.222 e. The molecule has 27 heavy (non-hydrogen) atoms. The van der Waals surface area contributed by atoms with E-state index in [-0.39, 0.29) is 11.3 Å². The Morgan fingerprint density at radius 3 is 2.30 bits per heavy atom. The second-order valence-electron chi connectivity index (χ2n) is 8.42. The third-order valence-electron chi connectivity index (χ3n) is 5.28. The van der Waals surface area contributed by atoms with Crippen LogP contribution in [-0.4, -0.2) is 46.9 Å².